The molecular formula is C15H23FN2O. The summed E-state index contributed by atoms with van der Waals surface area (Å²) in [4.78, 5) is 2.07. The molecule has 1 aromatic carbocycles. The molecule has 0 amide bonds. The zero-order valence-corrected chi connectivity index (χ0v) is 12.1. The fraction of sp³-hybridized carbons (Fsp3) is 0.600. The zero-order valence-electron chi connectivity index (χ0n) is 12.1. The highest BCUT2D eigenvalue weighted by atomic mass is 19.1. The van der Waals surface area contributed by atoms with Gasteiger partial charge >= 0.3 is 0 Å². The van der Waals surface area contributed by atoms with Gasteiger partial charge in [0.15, 0.2) is 0 Å². The van der Waals surface area contributed by atoms with Crippen LogP contribution in [-0.4, -0.2) is 32.3 Å². The van der Waals surface area contributed by atoms with Crippen LogP contribution in [0.25, 0.3) is 0 Å². The van der Waals surface area contributed by atoms with Crippen molar-refractivity contribution in [1.29, 1.82) is 0 Å². The number of nitrogens with one attached hydrogen (secondary N) is 1. The molecule has 1 aromatic rings. The van der Waals surface area contributed by atoms with E-state index in [0.717, 1.165) is 18.7 Å². The van der Waals surface area contributed by atoms with Crippen LogP contribution in [0.4, 0.5) is 10.1 Å². The Hall–Kier alpha value is -1.13. The van der Waals surface area contributed by atoms with Gasteiger partial charge in [-0.15, -0.1) is 0 Å². The third-order valence-electron chi connectivity index (χ3n) is 3.67. The molecule has 0 spiro atoms. The summed E-state index contributed by atoms with van der Waals surface area (Å²) in [6.45, 7) is 7.55. The SMILES string of the molecule is CNC(C)c1ccc(N2CC(C)OC(C)C2)c(F)c1. The van der Waals surface area contributed by atoms with Crippen LogP contribution in [-0.2, 0) is 4.74 Å². The number of anilines is 1. The van der Waals surface area contributed by atoms with E-state index >= 15 is 0 Å². The maximum atomic E-state index is 14.3. The topological polar surface area (TPSA) is 24.5 Å². The van der Waals surface area contributed by atoms with Crippen LogP contribution >= 0.6 is 0 Å². The Labute approximate surface area is 114 Å². The van der Waals surface area contributed by atoms with Crippen molar-refractivity contribution in [1.82, 2.24) is 5.32 Å². The molecule has 1 heterocycles. The highest BCUT2D eigenvalue weighted by molar-refractivity contribution is 5.50. The van der Waals surface area contributed by atoms with Gasteiger partial charge in [0, 0.05) is 19.1 Å². The molecule has 0 saturated carbocycles. The lowest BCUT2D eigenvalue weighted by atomic mass is 10.1. The number of ether oxygens (including phenoxy) is 1. The van der Waals surface area contributed by atoms with E-state index in [1.54, 1.807) is 6.07 Å². The number of rotatable bonds is 3. The smallest absolute Gasteiger partial charge is 0.146 e. The van der Waals surface area contributed by atoms with E-state index in [0.29, 0.717) is 5.69 Å². The van der Waals surface area contributed by atoms with Crippen LogP contribution in [0.3, 0.4) is 0 Å². The minimum absolute atomic E-state index is 0.138. The van der Waals surface area contributed by atoms with Gasteiger partial charge in [-0.1, -0.05) is 6.07 Å². The minimum atomic E-state index is -0.152. The molecule has 0 aromatic heterocycles. The first-order valence-corrected chi connectivity index (χ1v) is 6.88. The van der Waals surface area contributed by atoms with Gasteiger partial charge in [-0.25, -0.2) is 4.39 Å². The predicted octanol–water partition coefficient (Wildman–Crippen LogP) is 2.72. The van der Waals surface area contributed by atoms with E-state index in [1.807, 2.05) is 40.0 Å². The molecule has 19 heavy (non-hydrogen) atoms. The zero-order chi connectivity index (χ0) is 14.0. The van der Waals surface area contributed by atoms with Gasteiger partial charge in [-0.2, -0.15) is 0 Å². The van der Waals surface area contributed by atoms with Gasteiger partial charge in [0.1, 0.15) is 5.82 Å². The van der Waals surface area contributed by atoms with Crippen LogP contribution in [0.15, 0.2) is 18.2 Å². The number of halogens is 1. The van der Waals surface area contributed by atoms with Gasteiger partial charge in [-0.05, 0) is 45.5 Å². The molecule has 3 atom stereocenters. The second-order valence-electron chi connectivity index (χ2n) is 5.38. The molecule has 2 rings (SSSR count). The number of morpholine rings is 1. The first-order chi connectivity index (χ1) is 9.01. The van der Waals surface area contributed by atoms with Crippen molar-refractivity contribution in [3.8, 4) is 0 Å². The van der Waals surface area contributed by atoms with Crippen molar-refractivity contribution in [3.05, 3.63) is 29.6 Å². The molecule has 3 unspecified atom stereocenters. The standard InChI is InChI=1S/C15H23FN2O/c1-10-8-18(9-11(2)19-10)15-6-5-13(7-14(15)16)12(3)17-4/h5-7,10-12,17H,8-9H2,1-4H3. The normalized spacial score (nSPS) is 25.4. The summed E-state index contributed by atoms with van der Waals surface area (Å²) >= 11 is 0. The van der Waals surface area contributed by atoms with Crippen LogP contribution in [0, 0.1) is 5.82 Å². The molecule has 0 radical (unpaired) electrons. The van der Waals surface area contributed by atoms with E-state index < -0.39 is 0 Å². The first kappa shape index (κ1) is 14.3. The molecule has 4 heteroatoms. The van der Waals surface area contributed by atoms with E-state index in [2.05, 4.69) is 10.2 Å². The van der Waals surface area contributed by atoms with E-state index in [4.69, 9.17) is 4.74 Å². The van der Waals surface area contributed by atoms with Crippen LogP contribution in [0.5, 0.6) is 0 Å². The lowest BCUT2D eigenvalue weighted by Crippen LogP contribution is -2.45. The Bertz CT molecular complexity index is 428. The largest absolute Gasteiger partial charge is 0.372 e. The summed E-state index contributed by atoms with van der Waals surface area (Å²) in [7, 11) is 1.88. The fourth-order valence-corrected chi connectivity index (χ4v) is 2.59. The second kappa shape index (κ2) is 5.88. The van der Waals surface area contributed by atoms with Gasteiger partial charge < -0.3 is 15.0 Å². The Kier molecular flexibility index (Phi) is 4.42. The molecule has 1 aliphatic heterocycles. The molecule has 1 saturated heterocycles. The molecular weight excluding hydrogens is 243 g/mol. The molecule has 3 nitrogen and oxygen atoms in total. The average molecular weight is 266 g/mol. The molecule has 106 valence electrons. The summed E-state index contributed by atoms with van der Waals surface area (Å²) in [5.41, 5.74) is 1.65. The summed E-state index contributed by atoms with van der Waals surface area (Å²) in [6.07, 6.45) is 0.276. The Morgan fingerprint density at radius 2 is 1.95 bits per heavy atom. The van der Waals surface area contributed by atoms with E-state index in [-0.39, 0.29) is 24.1 Å². The third kappa shape index (κ3) is 3.25. The Morgan fingerprint density at radius 1 is 1.32 bits per heavy atom. The maximum Gasteiger partial charge on any atom is 0.146 e. The van der Waals surface area contributed by atoms with Gasteiger partial charge in [-0.3, -0.25) is 0 Å². The van der Waals surface area contributed by atoms with Crippen molar-refractivity contribution in [2.45, 2.75) is 39.0 Å². The molecule has 1 N–H and O–H groups in total. The van der Waals surface area contributed by atoms with Crippen LogP contribution < -0.4 is 10.2 Å². The molecule has 0 bridgehead atoms. The van der Waals surface area contributed by atoms with Gasteiger partial charge in [0.2, 0.25) is 0 Å². The number of nitrogens with zero attached hydrogens (tertiary/aromatic N) is 1. The predicted molar refractivity (Wildman–Crippen MR) is 76.1 cm³/mol. The number of benzene rings is 1. The average Bonchev–Trinajstić information content (AvgIpc) is 2.36. The van der Waals surface area contributed by atoms with Crippen molar-refractivity contribution in [3.63, 3.8) is 0 Å². The second-order valence-corrected chi connectivity index (χ2v) is 5.38. The summed E-state index contributed by atoms with van der Waals surface area (Å²) < 4.78 is 20.0. The number of hydrogen-bond acceptors (Lipinski definition) is 3. The highest BCUT2D eigenvalue weighted by Gasteiger charge is 2.24. The van der Waals surface area contributed by atoms with Crippen molar-refractivity contribution < 1.29 is 9.13 Å². The lowest BCUT2D eigenvalue weighted by molar-refractivity contribution is -0.00539. The van der Waals surface area contributed by atoms with Crippen molar-refractivity contribution in [2.75, 3.05) is 25.0 Å². The van der Waals surface area contributed by atoms with Crippen LogP contribution in [0.1, 0.15) is 32.4 Å². The van der Waals surface area contributed by atoms with Gasteiger partial charge in [0.05, 0.1) is 17.9 Å². The van der Waals surface area contributed by atoms with E-state index in [1.165, 1.54) is 0 Å². The quantitative estimate of drug-likeness (QED) is 0.910. The fourth-order valence-electron chi connectivity index (χ4n) is 2.59. The number of hydrogen-bond donors (Lipinski definition) is 1. The summed E-state index contributed by atoms with van der Waals surface area (Å²) in [6, 6.07) is 5.65. The van der Waals surface area contributed by atoms with Crippen molar-refractivity contribution >= 4 is 5.69 Å². The molecule has 0 aliphatic carbocycles. The highest BCUT2D eigenvalue weighted by Crippen LogP contribution is 2.26. The van der Waals surface area contributed by atoms with E-state index in [9.17, 15) is 4.39 Å². The molecule has 1 aliphatic rings. The summed E-state index contributed by atoms with van der Waals surface area (Å²) in [5, 5.41) is 3.12. The first-order valence-electron chi connectivity index (χ1n) is 6.88. The molecule has 1 fully saturated rings. The van der Waals surface area contributed by atoms with Crippen molar-refractivity contribution in [2.24, 2.45) is 0 Å². The Morgan fingerprint density at radius 3 is 2.47 bits per heavy atom. The van der Waals surface area contributed by atoms with Gasteiger partial charge in [0.25, 0.3) is 0 Å². The minimum Gasteiger partial charge on any atom is -0.372 e. The monoisotopic (exact) mass is 266 g/mol. The van der Waals surface area contributed by atoms with Crippen LogP contribution in [0.2, 0.25) is 0 Å². The summed E-state index contributed by atoms with van der Waals surface area (Å²) in [5.74, 6) is -0.152. The third-order valence-corrected chi connectivity index (χ3v) is 3.67. The Balaban J connectivity index is 2.21. The maximum absolute atomic E-state index is 14.3. The lowest BCUT2D eigenvalue weighted by Gasteiger charge is -2.37.